The summed E-state index contributed by atoms with van der Waals surface area (Å²) in [7, 11) is -3.82. The van der Waals surface area contributed by atoms with Gasteiger partial charge in [-0.3, -0.25) is 4.18 Å². The summed E-state index contributed by atoms with van der Waals surface area (Å²) in [5.41, 5.74) is -0.750. The fourth-order valence-electron chi connectivity index (χ4n) is 0.867. The zero-order chi connectivity index (χ0) is 11.6. The lowest BCUT2D eigenvalue weighted by atomic mass is 10.2. The van der Waals surface area contributed by atoms with Crippen LogP contribution in [0.2, 0.25) is 0 Å². The molecule has 0 aliphatic rings. The molecule has 84 valence electrons. The predicted octanol–water partition coefficient (Wildman–Crippen LogP) is 1.58. The molecule has 0 bridgehead atoms. The molecule has 0 aliphatic carbocycles. The highest BCUT2D eigenvalue weighted by Crippen LogP contribution is 2.17. The minimum atomic E-state index is -3.82. The lowest BCUT2D eigenvalue weighted by molar-refractivity contribution is 0.296. The second kappa shape index (κ2) is 4.19. The number of benzene rings is 1. The van der Waals surface area contributed by atoms with E-state index in [4.69, 9.17) is 0 Å². The molecule has 1 rings (SSSR count). The Hall–Kier alpha value is -1.08. The van der Waals surface area contributed by atoms with Crippen molar-refractivity contribution >= 4 is 10.1 Å². The summed E-state index contributed by atoms with van der Waals surface area (Å²) in [6.07, 6.45) is 0.724. The van der Waals surface area contributed by atoms with Gasteiger partial charge in [-0.1, -0.05) is 0 Å². The quantitative estimate of drug-likeness (QED) is 0.595. The smallest absolute Gasteiger partial charge is 0.264 e. The van der Waals surface area contributed by atoms with Gasteiger partial charge in [0.25, 0.3) is 10.1 Å². The van der Waals surface area contributed by atoms with Gasteiger partial charge in [0.05, 0.1) is 18.4 Å². The van der Waals surface area contributed by atoms with Gasteiger partial charge in [-0.15, -0.1) is 0 Å². The Morgan fingerprint density at radius 1 is 1.20 bits per heavy atom. The van der Waals surface area contributed by atoms with Crippen LogP contribution in [0.4, 0.5) is 13.2 Å². The van der Waals surface area contributed by atoms with Crippen LogP contribution in [-0.2, 0) is 20.9 Å². The molecule has 3 nitrogen and oxygen atoms in total. The third-order valence-corrected chi connectivity index (χ3v) is 2.10. The Labute approximate surface area is 84.6 Å². The van der Waals surface area contributed by atoms with E-state index in [1.54, 1.807) is 0 Å². The van der Waals surface area contributed by atoms with Crippen LogP contribution in [0.25, 0.3) is 0 Å². The maximum atomic E-state index is 12.9. The molecule has 0 saturated carbocycles. The first-order valence-electron chi connectivity index (χ1n) is 3.78. The zero-order valence-electron chi connectivity index (χ0n) is 7.63. The second-order valence-electron chi connectivity index (χ2n) is 2.79. The van der Waals surface area contributed by atoms with E-state index in [0.717, 1.165) is 6.26 Å². The Kier molecular flexibility index (Phi) is 3.35. The maximum absolute atomic E-state index is 12.9. The van der Waals surface area contributed by atoms with Gasteiger partial charge in [0.2, 0.25) is 0 Å². The van der Waals surface area contributed by atoms with Crippen molar-refractivity contribution < 1.29 is 25.8 Å². The van der Waals surface area contributed by atoms with Gasteiger partial charge < -0.3 is 0 Å². The number of rotatable bonds is 3. The molecule has 0 heterocycles. The van der Waals surface area contributed by atoms with Crippen LogP contribution in [0.3, 0.4) is 0 Å². The molecule has 0 fully saturated rings. The Bertz CT molecular complexity index is 470. The van der Waals surface area contributed by atoms with E-state index in [-0.39, 0.29) is 0 Å². The summed E-state index contributed by atoms with van der Waals surface area (Å²) in [5.74, 6) is -3.76. The van der Waals surface area contributed by atoms with Crippen LogP contribution in [0.5, 0.6) is 0 Å². The van der Waals surface area contributed by atoms with E-state index in [1.807, 2.05) is 0 Å². The largest absolute Gasteiger partial charge is 0.265 e. The predicted molar refractivity (Wildman–Crippen MR) is 45.9 cm³/mol. The highest BCUT2D eigenvalue weighted by atomic mass is 32.2. The van der Waals surface area contributed by atoms with Crippen molar-refractivity contribution in [2.75, 3.05) is 6.26 Å². The van der Waals surface area contributed by atoms with Crippen LogP contribution in [-0.4, -0.2) is 14.7 Å². The average molecular weight is 240 g/mol. The topological polar surface area (TPSA) is 43.4 Å². The van der Waals surface area contributed by atoms with Gasteiger partial charge in [-0.25, -0.2) is 13.2 Å². The maximum Gasteiger partial charge on any atom is 0.264 e. The SMILES string of the molecule is CS(=O)(=O)OCc1c(F)ccc(F)c1F. The summed E-state index contributed by atoms with van der Waals surface area (Å²) in [6.45, 7) is -0.867. The molecule has 0 radical (unpaired) electrons. The van der Waals surface area contributed by atoms with E-state index in [0.29, 0.717) is 12.1 Å². The van der Waals surface area contributed by atoms with E-state index in [1.165, 1.54) is 0 Å². The molecule has 1 aromatic rings. The molecule has 0 saturated heterocycles. The molecule has 0 aromatic heterocycles. The molecule has 1 aromatic carbocycles. The summed E-state index contributed by atoms with van der Waals surface area (Å²) in [5, 5.41) is 0. The summed E-state index contributed by atoms with van der Waals surface area (Å²) >= 11 is 0. The highest BCUT2D eigenvalue weighted by molar-refractivity contribution is 7.85. The number of halogens is 3. The number of hydrogen-bond acceptors (Lipinski definition) is 3. The van der Waals surface area contributed by atoms with E-state index in [9.17, 15) is 21.6 Å². The lowest BCUT2D eigenvalue weighted by Gasteiger charge is -2.05. The molecule has 0 spiro atoms. The monoisotopic (exact) mass is 240 g/mol. The second-order valence-corrected chi connectivity index (χ2v) is 4.43. The van der Waals surface area contributed by atoms with Crippen molar-refractivity contribution in [3.8, 4) is 0 Å². The normalized spacial score (nSPS) is 11.7. The highest BCUT2D eigenvalue weighted by Gasteiger charge is 2.15. The Morgan fingerprint density at radius 2 is 1.73 bits per heavy atom. The average Bonchev–Trinajstić information content (AvgIpc) is 2.10. The third-order valence-electron chi connectivity index (χ3n) is 1.56. The van der Waals surface area contributed by atoms with Crippen LogP contribution in [0.1, 0.15) is 5.56 Å². The summed E-state index contributed by atoms with van der Waals surface area (Å²) in [6, 6.07) is 1.30. The molecular weight excluding hydrogens is 233 g/mol. The van der Waals surface area contributed by atoms with Crippen molar-refractivity contribution in [3.63, 3.8) is 0 Å². The van der Waals surface area contributed by atoms with Crippen molar-refractivity contribution in [1.29, 1.82) is 0 Å². The van der Waals surface area contributed by atoms with Gasteiger partial charge in [-0.2, -0.15) is 8.42 Å². The summed E-state index contributed by atoms with van der Waals surface area (Å²) < 4.78 is 63.8. The van der Waals surface area contributed by atoms with Crippen molar-refractivity contribution in [1.82, 2.24) is 0 Å². The molecule has 0 N–H and O–H groups in total. The minimum absolute atomic E-state index is 0.606. The molecular formula is C8H7F3O3S. The van der Waals surface area contributed by atoms with Crippen LogP contribution in [0, 0.1) is 17.5 Å². The first kappa shape index (κ1) is 12.0. The molecule has 0 atom stereocenters. The van der Waals surface area contributed by atoms with E-state index < -0.39 is 39.7 Å². The fraction of sp³-hybridized carbons (Fsp3) is 0.250. The molecule has 15 heavy (non-hydrogen) atoms. The standard InChI is InChI=1S/C8H7F3O3S/c1-15(12,13)14-4-5-6(9)2-3-7(10)8(5)11/h2-3H,4H2,1H3. The number of hydrogen-bond donors (Lipinski definition) is 0. The van der Waals surface area contributed by atoms with Gasteiger partial charge >= 0.3 is 0 Å². The first-order chi connectivity index (χ1) is 6.81. The van der Waals surface area contributed by atoms with E-state index >= 15 is 0 Å². The van der Waals surface area contributed by atoms with Gasteiger partial charge in [0.15, 0.2) is 11.6 Å². The van der Waals surface area contributed by atoms with Gasteiger partial charge in [0.1, 0.15) is 5.82 Å². The van der Waals surface area contributed by atoms with Crippen molar-refractivity contribution in [3.05, 3.63) is 35.1 Å². The first-order valence-corrected chi connectivity index (χ1v) is 5.59. The molecule has 0 aliphatic heterocycles. The van der Waals surface area contributed by atoms with Gasteiger partial charge in [-0.05, 0) is 12.1 Å². The zero-order valence-corrected chi connectivity index (χ0v) is 8.45. The van der Waals surface area contributed by atoms with Crippen LogP contribution < -0.4 is 0 Å². The molecule has 0 unspecified atom stereocenters. The van der Waals surface area contributed by atoms with Crippen molar-refractivity contribution in [2.45, 2.75) is 6.61 Å². The van der Waals surface area contributed by atoms with Crippen LogP contribution in [0.15, 0.2) is 12.1 Å². The lowest BCUT2D eigenvalue weighted by Crippen LogP contribution is -2.07. The Morgan fingerprint density at radius 3 is 2.27 bits per heavy atom. The minimum Gasteiger partial charge on any atom is -0.265 e. The summed E-state index contributed by atoms with van der Waals surface area (Å²) in [4.78, 5) is 0. The van der Waals surface area contributed by atoms with Gasteiger partial charge in [0, 0.05) is 0 Å². The fourth-order valence-corrected chi connectivity index (χ4v) is 1.20. The molecule has 7 heteroatoms. The Balaban J connectivity index is 2.99. The van der Waals surface area contributed by atoms with Crippen LogP contribution >= 0.6 is 0 Å². The van der Waals surface area contributed by atoms with E-state index in [2.05, 4.69) is 4.18 Å². The van der Waals surface area contributed by atoms with Crippen molar-refractivity contribution in [2.24, 2.45) is 0 Å². The molecule has 0 amide bonds. The third kappa shape index (κ3) is 3.21.